The number of amides is 1. The summed E-state index contributed by atoms with van der Waals surface area (Å²) in [5, 5.41) is 3.90. The van der Waals surface area contributed by atoms with Crippen LogP contribution in [0.4, 0.5) is 0 Å². The van der Waals surface area contributed by atoms with E-state index in [0.717, 1.165) is 16.7 Å². The maximum absolute atomic E-state index is 11.9. The number of benzene rings is 2. The molecule has 1 amide bonds. The third kappa shape index (κ3) is 5.55. The smallest absolute Gasteiger partial charge is 0.379 e. The summed E-state index contributed by atoms with van der Waals surface area (Å²) in [6.45, 7) is 3.79. The van der Waals surface area contributed by atoms with Crippen LogP contribution in [0.5, 0.6) is 11.5 Å². The average Bonchev–Trinajstić information content (AvgIpc) is 3.25. The highest BCUT2D eigenvalue weighted by Crippen LogP contribution is 2.20. The van der Waals surface area contributed by atoms with Gasteiger partial charge >= 0.3 is 5.97 Å². The van der Waals surface area contributed by atoms with Crippen LogP contribution < -0.4 is 14.9 Å². The lowest BCUT2D eigenvalue weighted by molar-refractivity contribution is -0.123. The molecule has 0 unspecified atom stereocenters. The average molecular weight is 392 g/mol. The molecule has 2 aromatic carbocycles. The van der Waals surface area contributed by atoms with Crippen molar-refractivity contribution >= 4 is 18.1 Å². The number of carbonyl (C=O) groups is 2. The molecule has 0 spiro atoms. The Balaban J connectivity index is 1.46. The fraction of sp³-hybridized carbons (Fsp3) is 0.136. The van der Waals surface area contributed by atoms with E-state index in [9.17, 15) is 9.59 Å². The zero-order chi connectivity index (χ0) is 20.6. The number of esters is 1. The highest BCUT2D eigenvalue weighted by atomic mass is 16.5. The highest BCUT2D eigenvalue weighted by Gasteiger charge is 2.11. The molecule has 1 heterocycles. The normalized spacial score (nSPS) is 10.7. The Morgan fingerprint density at radius 2 is 1.86 bits per heavy atom. The Hall–Kier alpha value is -3.87. The van der Waals surface area contributed by atoms with E-state index < -0.39 is 5.97 Å². The van der Waals surface area contributed by atoms with Gasteiger partial charge < -0.3 is 13.9 Å². The molecule has 3 aromatic rings. The van der Waals surface area contributed by atoms with Gasteiger partial charge in [0.25, 0.3) is 5.91 Å². The Labute approximate surface area is 167 Å². The van der Waals surface area contributed by atoms with Gasteiger partial charge in [0, 0.05) is 0 Å². The zero-order valence-electron chi connectivity index (χ0n) is 16.0. The molecule has 0 saturated heterocycles. The molecule has 0 saturated carbocycles. The van der Waals surface area contributed by atoms with Gasteiger partial charge in [-0.15, -0.1) is 0 Å². The molecular formula is C22H20N2O5. The quantitative estimate of drug-likeness (QED) is 0.287. The van der Waals surface area contributed by atoms with E-state index in [1.54, 1.807) is 30.3 Å². The lowest BCUT2D eigenvalue weighted by Crippen LogP contribution is -2.24. The Bertz CT molecular complexity index is 1010. The van der Waals surface area contributed by atoms with E-state index in [2.05, 4.69) is 10.5 Å². The summed E-state index contributed by atoms with van der Waals surface area (Å²) in [7, 11) is 0. The van der Waals surface area contributed by atoms with Crippen molar-refractivity contribution in [3.63, 3.8) is 0 Å². The van der Waals surface area contributed by atoms with Crippen molar-refractivity contribution in [2.75, 3.05) is 6.61 Å². The summed E-state index contributed by atoms with van der Waals surface area (Å²) in [6, 6.07) is 15.5. The molecule has 29 heavy (non-hydrogen) atoms. The van der Waals surface area contributed by atoms with Crippen molar-refractivity contribution in [2.45, 2.75) is 13.8 Å². The summed E-state index contributed by atoms with van der Waals surface area (Å²) in [5.74, 6) is 0.221. The maximum atomic E-state index is 11.9. The Kier molecular flexibility index (Phi) is 6.42. The molecule has 1 N–H and O–H groups in total. The first kappa shape index (κ1) is 19.9. The number of rotatable bonds is 7. The predicted molar refractivity (Wildman–Crippen MR) is 107 cm³/mol. The SMILES string of the molecule is Cc1cccc(OCC(=O)NN=Cc2ccc(OC(=O)c3ccco3)cc2)c1C. The van der Waals surface area contributed by atoms with Crippen LogP contribution in [0.1, 0.15) is 27.2 Å². The molecule has 0 aliphatic heterocycles. The van der Waals surface area contributed by atoms with Crippen molar-refractivity contribution in [2.24, 2.45) is 5.10 Å². The van der Waals surface area contributed by atoms with Gasteiger partial charge in [0.05, 0.1) is 12.5 Å². The van der Waals surface area contributed by atoms with E-state index in [4.69, 9.17) is 13.9 Å². The van der Waals surface area contributed by atoms with Crippen molar-refractivity contribution in [1.29, 1.82) is 0 Å². The van der Waals surface area contributed by atoms with Gasteiger partial charge in [0.15, 0.2) is 6.61 Å². The van der Waals surface area contributed by atoms with Gasteiger partial charge in [0.1, 0.15) is 11.5 Å². The monoisotopic (exact) mass is 392 g/mol. The van der Waals surface area contributed by atoms with E-state index in [1.807, 2.05) is 32.0 Å². The third-order valence-corrected chi connectivity index (χ3v) is 4.13. The molecule has 0 fully saturated rings. The minimum Gasteiger partial charge on any atom is -0.483 e. The van der Waals surface area contributed by atoms with Gasteiger partial charge in [-0.3, -0.25) is 4.79 Å². The van der Waals surface area contributed by atoms with Crippen LogP contribution in [0, 0.1) is 13.8 Å². The number of hydrogen-bond acceptors (Lipinski definition) is 6. The second-order valence-corrected chi connectivity index (χ2v) is 6.22. The Morgan fingerprint density at radius 1 is 1.07 bits per heavy atom. The highest BCUT2D eigenvalue weighted by molar-refractivity contribution is 5.88. The molecule has 0 bridgehead atoms. The lowest BCUT2D eigenvalue weighted by Gasteiger charge is -2.09. The van der Waals surface area contributed by atoms with Crippen LogP contribution in [0.25, 0.3) is 0 Å². The molecule has 148 valence electrons. The van der Waals surface area contributed by atoms with Crippen LogP contribution in [0.3, 0.4) is 0 Å². The molecule has 3 rings (SSSR count). The molecule has 0 atom stereocenters. The number of carbonyl (C=O) groups excluding carboxylic acids is 2. The molecule has 0 aliphatic carbocycles. The molecule has 7 heteroatoms. The largest absolute Gasteiger partial charge is 0.483 e. The standard InChI is InChI=1S/C22H20N2O5/c1-15-5-3-6-19(16(15)2)28-14-21(25)24-23-13-17-8-10-18(11-9-17)29-22(26)20-7-4-12-27-20/h3-13H,14H2,1-2H3,(H,24,25). The topological polar surface area (TPSA) is 90.1 Å². The van der Waals surface area contributed by atoms with Crippen molar-refractivity contribution in [3.8, 4) is 11.5 Å². The predicted octanol–water partition coefficient (Wildman–Crippen LogP) is 3.64. The van der Waals surface area contributed by atoms with Crippen LogP contribution in [-0.2, 0) is 4.79 Å². The molecular weight excluding hydrogens is 372 g/mol. The Morgan fingerprint density at radius 3 is 2.59 bits per heavy atom. The summed E-state index contributed by atoms with van der Waals surface area (Å²) >= 11 is 0. The first-order valence-corrected chi connectivity index (χ1v) is 8.89. The van der Waals surface area contributed by atoms with E-state index >= 15 is 0 Å². The molecule has 0 radical (unpaired) electrons. The summed E-state index contributed by atoms with van der Waals surface area (Å²) in [5.41, 5.74) is 5.22. The van der Waals surface area contributed by atoms with Gasteiger partial charge in [-0.05, 0) is 73.0 Å². The number of nitrogens with one attached hydrogen (secondary N) is 1. The fourth-order valence-electron chi connectivity index (χ4n) is 2.41. The van der Waals surface area contributed by atoms with Gasteiger partial charge in [0.2, 0.25) is 5.76 Å². The number of ether oxygens (including phenoxy) is 2. The summed E-state index contributed by atoms with van der Waals surface area (Å²) in [4.78, 5) is 23.7. The first-order chi connectivity index (χ1) is 14.0. The van der Waals surface area contributed by atoms with Crippen LogP contribution in [0.2, 0.25) is 0 Å². The van der Waals surface area contributed by atoms with E-state index in [1.165, 1.54) is 18.5 Å². The first-order valence-electron chi connectivity index (χ1n) is 8.89. The minimum absolute atomic E-state index is 0.126. The number of hydrazone groups is 1. The second kappa shape index (κ2) is 9.36. The van der Waals surface area contributed by atoms with Crippen molar-refractivity contribution < 1.29 is 23.5 Å². The van der Waals surface area contributed by atoms with E-state index in [-0.39, 0.29) is 18.3 Å². The maximum Gasteiger partial charge on any atom is 0.379 e. The zero-order valence-corrected chi connectivity index (χ0v) is 16.0. The van der Waals surface area contributed by atoms with Gasteiger partial charge in [-0.25, -0.2) is 10.2 Å². The minimum atomic E-state index is -0.576. The van der Waals surface area contributed by atoms with Crippen molar-refractivity contribution in [1.82, 2.24) is 5.43 Å². The van der Waals surface area contributed by atoms with E-state index in [0.29, 0.717) is 11.5 Å². The molecule has 0 aliphatic rings. The molecule has 1 aromatic heterocycles. The van der Waals surface area contributed by atoms with Gasteiger partial charge in [-0.1, -0.05) is 12.1 Å². The summed E-state index contributed by atoms with van der Waals surface area (Å²) in [6.07, 6.45) is 2.88. The number of nitrogens with zero attached hydrogens (tertiary/aromatic N) is 1. The number of hydrogen-bond donors (Lipinski definition) is 1. The lowest BCUT2D eigenvalue weighted by atomic mass is 10.1. The van der Waals surface area contributed by atoms with Crippen LogP contribution >= 0.6 is 0 Å². The van der Waals surface area contributed by atoms with Crippen molar-refractivity contribution in [3.05, 3.63) is 83.3 Å². The second-order valence-electron chi connectivity index (χ2n) is 6.22. The fourth-order valence-corrected chi connectivity index (χ4v) is 2.41. The van der Waals surface area contributed by atoms with Crippen LogP contribution in [0.15, 0.2) is 70.4 Å². The summed E-state index contributed by atoms with van der Waals surface area (Å²) < 4.78 is 15.7. The third-order valence-electron chi connectivity index (χ3n) is 4.13. The number of aryl methyl sites for hydroxylation is 1. The molecule has 7 nitrogen and oxygen atoms in total. The van der Waals surface area contributed by atoms with Gasteiger partial charge in [-0.2, -0.15) is 5.10 Å². The van der Waals surface area contributed by atoms with Crippen LogP contribution in [-0.4, -0.2) is 24.7 Å². The number of furan rings is 1.